The molecule has 0 atom stereocenters. The Labute approximate surface area is 251 Å². The van der Waals surface area contributed by atoms with Gasteiger partial charge in [0.25, 0.3) is 0 Å². The van der Waals surface area contributed by atoms with E-state index in [2.05, 4.69) is 144 Å². The molecule has 0 saturated heterocycles. The van der Waals surface area contributed by atoms with E-state index in [0.717, 1.165) is 28.2 Å². The highest BCUT2D eigenvalue weighted by atomic mass is 15.1. The molecule has 7 aromatic rings. The van der Waals surface area contributed by atoms with Crippen LogP contribution in [-0.2, 0) is 0 Å². The number of rotatable bonds is 5. The molecule has 0 bridgehead atoms. The Morgan fingerprint density at radius 1 is 0.395 bits per heavy atom. The zero-order chi connectivity index (χ0) is 28.8. The van der Waals surface area contributed by atoms with Crippen LogP contribution in [0.5, 0.6) is 0 Å². The summed E-state index contributed by atoms with van der Waals surface area (Å²) in [5, 5.41) is 12.0. The van der Waals surface area contributed by atoms with E-state index in [1.165, 1.54) is 44.2 Å². The highest BCUT2D eigenvalue weighted by molar-refractivity contribution is 6.18. The average molecular weight is 547 g/mol. The predicted octanol–water partition coefficient (Wildman–Crippen LogP) is 11.2. The molecule has 0 aliphatic heterocycles. The molecular formula is C41H26N2. The predicted molar refractivity (Wildman–Crippen MR) is 179 cm³/mol. The van der Waals surface area contributed by atoms with Gasteiger partial charge in [-0.05, 0) is 104 Å². The van der Waals surface area contributed by atoms with Crippen LogP contribution in [0.15, 0.2) is 158 Å². The van der Waals surface area contributed by atoms with Crippen LogP contribution in [-0.4, -0.2) is 0 Å². The van der Waals surface area contributed by atoms with Gasteiger partial charge in [-0.15, -0.1) is 0 Å². The summed E-state index contributed by atoms with van der Waals surface area (Å²) in [6, 6.07) is 57.8. The van der Waals surface area contributed by atoms with Gasteiger partial charge in [0.15, 0.2) is 0 Å². The van der Waals surface area contributed by atoms with E-state index in [9.17, 15) is 5.26 Å². The van der Waals surface area contributed by atoms with Crippen molar-refractivity contribution in [2.24, 2.45) is 0 Å². The van der Waals surface area contributed by atoms with Crippen LogP contribution in [0.1, 0.15) is 5.56 Å². The standard InChI is InChI=1S/C41H26N2/c42-27-28-9-6-10-30(25-28)31-11-7-14-34(26-31)43(32-12-2-1-3-13-32)33-21-19-29(20-22-33)35-23-24-40-37-16-5-4-15-36(37)39-18-8-17-38(35)41(39)40/h1-26H. The maximum Gasteiger partial charge on any atom is 0.0991 e. The first kappa shape index (κ1) is 24.9. The smallest absolute Gasteiger partial charge is 0.0991 e. The zero-order valence-corrected chi connectivity index (χ0v) is 23.4. The number of para-hydroxylation sites is 1. The van der Waals surface area contributed by atoms with E-state index in [1.807, 2.05) is 24.3 Å². The van der Waals surface area contributed by atoms with Gasteiger partial charge in [0.05, 0.1) is 11.6 Å². The van der Waals surface area contributed by atoms with Crippen molar-refractivity contribution in [3.8, 4) is 50.6 Å². The van der Waals surface area contributed by atoms with E-state index in [4.69, 9.17) is 0 Å². The highest BCUT2D eigenvalue weighted by Crippen LogP contribution is 2.49. The van der Waals surface area contributed by atoms with Gasteiger partial charge in [-0.25, -0.2) is 0 Å². The Morgan fingerprint density at radius 3 is 1.74 bits per heavy atom. The van der Waals surface area contributed by atoms with Crippen molar-refractivity contribution < 1.29 is 0 Å². The Hall–Kier alpha value is -5.91. The van der Waals surface area contributed by atoms with Crippen LogP contribution < -0.4 is 4.90 Å². The molecule has 0 unspecified atom stereocenters. The van der Waals surface area contributed by atoms with E-state index in [-0.39, 0.29) is 0 Å². The van der Waals surface area contributed by atoms with Gasteiger partial charge in [0.2, 0.25) is 0 Å². The Morgan fingerprint density at radius 2 is 0.977 bits per heavy atom. The van der Waals surface area contributed by atoms with Crippen molar-refractivity contribution in [3.63, 3.8) is 0 Å². The Kier molecular flexibility index (Phi) is 5.88. The third-order valence-electron chi connectivity index (χ3n) is 8.43. The quantitative estimate of drug-likeness (QED) is 0.215. The van der Waals surface area contributed by atoms with E-state index >= 15 is 0 Å². The second-order valence-corrected chi connectivity index (χ2v) is 10.9. The minimum Gasteiger partial charge on any atom is -0.310 e. The molecule has 0 heterocycles. The lowest BCUT2D eigenvalue weighted by Crippen LogP contribution is -2.09. The summed E-state index contributed by atoms with van der Waals surface area (Å²) in [5.41, 5.74) is 13.7. The summed E-state index contributed by atoms with van der Waals surface area (Å²) < 4.78 is 0. The van der Waals surface area contributed by atoms with Crippen LogP contribution in [0, 0.1) is 11.3 Å². The molecule has 0 saturated carbocycles. The van der Waals surface area contributed by atoms with Gasteiger partial charge >= 0.3 is 0 Å². The summed E-state index contributed by atoms with van der Waals surface area (Å²) in [6.07, 6.45) is 0. The number of hydrogen-bond acceptors (Lipinski definition) is 2. The first-order valence-corrected chi connectivity index (χ1v) is 14.5. The molecule has 2 nitrogen and oxygen atoms in total. The number of fused-ring (bicyclic) bond motifs is 3. The van der Waals surface area contributed by atoms with Crippen molar-refractivity contribution in [1.29, 1.82) is 5.26 Å². The second kappa shape index (κ2) is 10.2. The maximum atomic E-state index is 9.43. The fourth-order valence-corrected chi connectivity index (χ4v) is 6.47. The third-order valence-corrected chi connectivity index (χ3v) is 8.43. The average Bonchev–Trinajstić information content (AvgIpc) is 3.41. The minimum atomic E-state index is 0.658. The normalized spacial score (nSPS) is 11.2. The molecule has 43 heavy (non-hydrogen) atoms. The van der Waals surface area contributed by atoms with Crippen molar-refractivity contribution in [2.45, 2.75) is 0 Å². The Bertz CT molecular complexity index is 2160. The molecule has 8 rings (SSSR count). The molecule has 200 valence electrons. The van der Waals surface area contributed by atoms with Crippen LogP contribution in [0.25, 0.3) is 55.3 Å². The van der Waals surface area contributed by atoms with Crippen LogP contribution in [0.2, 0.25) is 0 Å². The fourth-order valence-electron chi connectivity index (χ4n) is 6.47. The van der Waals surface area contributed by atoms with Gasteiger partial charge in [0, 0.05) is 17.1 Å². The summed E-state index contributed by atoms with van der Waals surface area (Å²) in [4.78, 5) is 2.28. The van der Waals surface area contributed by atoms with Crippen molar-refractivity contribution >= 4 is 27.8 Å². The first-order valence-electron chi connectivity index (χ1n) is 14.5. The highest BCUT2D eigenvalue weighted by Gasteiger charge is 2.22. The van der Waals surface area contributed by atoms with Crippen molar-refractivity contribution in [1.82, 2.24) is 0 Å². The fraction of sp³-hybridized carbons (Fsp3) is 0. The molecule has 0 radical (unpaired) electrons. The molecular weight excluding hydrogens is 520 g/mol. The maximum absolute atomic E-state index is 9.43. The van der Waals surface area contributed by atoms with Gasteiger partial charge in [-0.3, -0.25) is 0 Å². The number of benzene rings is 7. The Balaban J connectivity index is 1.22. The van der Waals surface area contributed by atoms with Crippen molar-refractivity contribution in [2.75, 3.05) is 4.90 Å². The molecule has 0 amide bonds. The first-order chi connectivity index (χ1) is 21.3. The summed E-state index contributed by atoms with van der Waals surface area (Å²) in [6.45, 7) is 0. The molecule has 2 heteroatoms. The SMILES string of the molecule is N#Cc1cccc(-c2cccc(N(c3ccccc3)c3ccc(-c4ccc5c6c(cccc46)-c4ccccc4-5)cc3)c2)c1. The molecule has 0 aromatic heterocycles. The summed E-state index contributed by atoms with van der Waals surface area (Å²) >= 11 is 0. The number of nitriles is 1. The lowest BCUT2D eigenvalue weighted by molar-refractivity contribution is 1.28. The lowest BCUT2D eigenvalue weighted by Gasteiger charge is -2.26. The van der Waals surface area contributed by atoms with Crippen LogP contribution in [0.4, 0.5) is 17.1 Å². The molecule has 0 spiro atoms. The van der Waals surface area contributed by atoms with E-state index < -0.39 is 0 Å². The molecule has 0 fully saturated rings. The molecule has 7 aromatic carbocycles. The molecule has 0 N–H and O–H groups in total. The van der Waals surface area contributed by atoms with Crippen LogP contribution >= 0.6 is 0 Å². The van der Waals surface area contributed by atoms with Gasteiger partial charge in [-0.2, -0.15) is 5.26 Å². The molecule has 1 aliphatic carbocycles. The zero-order valence-electron chi connectivity index (χ0n) is 23.4. The number of hydrogen-bond donors (Lipinski definition) is 0. The molecule has 1 aliphatic rings. The lowest BCUT2D eigenvalue weighted by atomic mass is 9.94. The van der Waals surface area contributed by atoms with E-state index in [1.54, 1.807) is 0 Å². The summed E-state index contributed by atoms with van der Waals surface area (Å²) in [5.74, 6) is 0. The minimum absolute atomic E-state index is 0.658. The largest absolute Gasteiger partial charge is 0.310 e. The summed E-state index contributed by atoms with van der Waals surface area (Å²) in [7, 11) is 0. The third kappa shape index (κ3) is 4.19. The number of anilines is 3. The number of nitrogens with zero attached hydrogens (tertiary/aromatic N) is 2. The topological polar surface area (TPSA) is 27.0 Å². The van der Waals surface area contributed by atoms with Gasteiger partial charge in [-0.1, -0.05) is 109 Å². The van der Waals surface area contributed by atoms with Crippen molar-refractivity contribution in [3.05, 3.63) is 163 Å². The van der Waals surface area contributed by atoms with Gasteiger partial charge in [0.1, 0.15) is 0 Å². The van der Waals surface area contributed by atoms with Gasteiger partial charge < -0.3 is 4.90 Å². The second-order valence-electron chi connectivity index (χ2n) is 10.9. The monoisotopic (exact) mass is 546 g/mol. The van der Waals surface area contributed by atoms with Crippen LogP contribution in [0.3, 0.4) is 0 Å². The van der Waals surface area contributed by atoms with E-state index in [0.29, 0.717) is 5.56 Å².